The first-order chi connectivity index (χ1) is 13.6. The van der Waals surface area contributed by atoms with Crippen LogP contribution in [0.15, 0.2) is 16.9 Å². The number of amides is 1. The maximum atomic E-state index is 12.7. The van der Waals surface area contributed by atoms with Crippen LogP contribution < -0.4 is 10.4 Å². The van der Waals surface area contributed by atoms with Gasteiger partial charge >= 0.3 is 5.69 Å². The molecule has 2 aromatic rings. The number of morpholine rings is 1. The first-order valence-corrected chi connectivity index (χ1v) is 10.0. The van der Waals surface area contributed by atoms with Crippen molar-refractivity contribution < 1.29 is 14.3 Å². The third-order valence-electron chi connectivity index (χ3n) is 6.13. The van der Waals surface area contributed by atoms with E-state index in [0.717, 1.165) is 31.2 Å². The number of fused-ring (bicyclic) bond motifs is 1. The summed E-state index contributed by atoms with van der Waals surface area (Å²) >= 11 is 0. The van der Waals surface area contributed by atoms with E-state index in [1.54, 1.807) is 29.4 Å². The summed E-state index contributed by atoms with van der Waals surface area (Å²) in [4.78, 5) is 31.9. The number of hydrogen-bond donors (Lipinski definition) is 0. The largest absolute Gasteiger partial charge is 0.481 e. The normalized spacial score (nSPS) is 23.1. The molecule has 0 spiro atoms. The number of rotatable bonds is 4. The zero-order valence-corrected chi connectivity index (χ0v) is 16.6. The molecule has 0 bridgehead atoms. The molecule has 1 aliphatic heterocycles. The molecule has 8 nitrogen and oxygen atoms in total. The Bertz CT molecular complexity index is 905. The highest BCUT2D eigenvalue weighted by Crippen LogP contribution is 2.31. The second kappa shape index (κ2) is 7.95. The molecule has 28 heavy (non-hydrogen) atoms. The highest BCUT2D eigenvalue weighted by molar-refractivity contribution is 5.79. The van der Waals surface area contributed by atoms with Gasteiger partial charge in [-0.25, -0.2) is 4.79 Å². The zero-order valence-electron chi connectivity index (χ0n) is 16.6. The minimum atomic E-state index is -0.0535. The summed E-state index contributed by atoms with van der Waals surface area (Å²) in [5.41, 5.74) is 1.42. The van der Waals surface area contributed by atoms with Gasteiger partial charge in [-0.15, -0.1) is 0 Å². The number of imidazole rings is 1. The molecule has 152 valence electrons. The number of carbonyl (C=O) groups excluding carboxylic acids is 1. The summed E-state index contributed by atoms with van der Waals surface area (Å²) in [7, 11) is 3.35. The van der Waals surface area contributed by atoms with Gasteiger partial charge in [0.2, 0.25) is 11.8 Å². The van der Waals surface area contributed by atoms with Crippen LogP contribution in [0.3, 0.4) is 0 Å². The topological polar surface area (TPSA) is 78.6 Å². The van der Waals surface area contributed by atoms with Gasteiger partial charge in [-0.3, -0.25) is 13.9 Å². The van der Waals surface area contributed by atoms with Crippen LogP contribution in [0.5, 0.6) is 5.88 Å². The zero-order chi connectivity index (χ0) is 19.7. The average Bonchev–Trinajstić information content (AvgIpc) is 2.98. The lowest BCUT2D eigenvalue weighted by Gasteiger charge is -2.34. The van der Waals surface area contributed by atoms with Crippen molar-refractivity contribution in [2.75, 3.05) is 33.4 Å². The Morgan fingerprint density at radius 3 is 2.61 bits per heavy atom. The summed E-state index contributed by atoms with van der Waals surface area (Å²) in [5.74, 6) is 1.27. The van der Waals surface area contributed by atoms with Crippen molar-refractivity contribution in [3.8, 4) is 5.88 Å². The molecule has 0 aromatic carbocycles. The van der Waals surface area contributed by atoms with Gasteiger partial charge in [-0.05, 0) is 37.7 Å². The molecule has 1 saturated carbocycles. The lowest BCUT2D eigenvalue weighted by atomic mass is 9.81. The molecular formula is C20H28N4O4. The molecule has 0 atom stereocenters. The number of hydrogen-bond acceptors (Lipinski definition) is 5. The highest BCUT2D eigenvalue weighted by atomic mass is 16.5. The SMILES string of the molecule is COc1ccc2c(n1)n(C[C@H]1CC[C@H](C(=O)N3CCOCC3)CC1)c(=O)n2C. The first-order valence-electron chi connectivity index (χ1n) is 10.0. The molecule has 0 radical (unpaired) electrons. The number of ether oxygens (including phenoxy) is 2. The molecule has 1 aliphatic carbocycles. The Kier molecular flexibility index (Phi) is 5.39. The number of carbonyl (C=O) groups is 1. The molecule has 1 amide bonds. The first kappa shape index (κ1) is 19.0. The van der Waals surface area contributed by atoms with Crippen LogP contribution in [0.1, 0.15) is 25.7 Å². The molecule has 0 N–H and O–H groups in total. The van der Waals surface area contributed by atoms with E-state index < -0.39 is 0 Å². The van der Waals surface area contributed by atoms with Gasteiger partial charge in [0.25, 0.3) is 0 Å². The maximum absolute atomic E-state index is 12.7. The van der Waals surface area contributed by atoms with Crippen LogP contribution >= 0.6 is 0 Å². The predicted octanol–water partition coefficient (Wildman–Crippen LogP) is 1.41. The highest BCUT2D eigenvalue weighted by Gasteiger charge is 2.31. The molecule has 1 saturated heterocycles. The van der Waals surface area contributed by atoms with Crippen molar-refractivity contribution >= 4 is 17.1 Å². The molecule has 8 heteroatoms. The van der Waals surface area contributed by atoms with E-state index in [0.29, 0.717) is 50.3 Å². The van der Waals surface area contributed by atoms with Crippen molar-refractivity contribution in [1.82, 2.24) is 19.0 Å². The molecule has 0 unspecified atom stereocenters. The molecule has 2 aliphatic rings. The van der Waals surface area contributed by atoms with E-state index in [9.17, 15) is 9.59 Å². The van der Waals surface area contributed by atoms with E-state index in [-0.39, 0.29) is 17.5 Å². The van der Waals surface area contributed by atoms with Gasteiger partial charge in [0, 0.05) is 38.7 Å². The number of aromatic nitrogens is 3. The van der Waals surface area contributed by atoms with E-state index in [4.69, 9.17) is 9.47 Å². The van der Waals surface area contributed by atoms with E-state index >= 15 is 0 Å². The van der Waals surface area contributed by atoms with Gasteiger partial charge in [0.05, 0.1) is 25.8 Å². The van der Waals surface area contributed by atoms with Crippen LogP contribution in [0.2, 0.25) is 0 Å². The van der Waals surface area contributed by atoms with Crippen LogP contribution in [0.25, 0.3) is 11.2 Å². The Hall–Kier alpha value is -2.35. The number of nitrogens with zero attached hydrogens (tertiary/aromatic N) is 4. The number of pyridine rings is 1. The van der Waals surface area contributed by atoms with Crippen LogP contribution in [0.4, 0.5) is 0 Å². The average molecular weight is 388 g/mol. The van der Waals surface area contributed by atoms with Crippen molar-refractivity contribution in [1.29, 1.82) is 0 Å². The summed E-state index contributed by atoms with van der Waals surface area (Å²) in [6, 6.07) is 3.64. The summed E-state index contributed by atoms with van der Waals surface area (Å²) < 4.78 is 14.0. The second-order valence-corrected chi connectivity index (χ2v) is 7.80. The predicted molar refractivity (Wildman–Crippen MR) is 104 cm³/mol. The van der Waals surface area contributed by atoms with Gasteiger partial charge in [-0.2, -0.15) is 4.98 Å². The fourth-order valence-corrected chi connectivity index (χ4v) is 4.43. The third kappa shape index (κ3) is 3.53. The lowest BCUT2D eigenvalue weighted by Crippen LogP contribution is -2.44. The molecular weight excluding hydrogens is 360 g/mol. The second-order valence-electron chi connectivity index (χ2n) is 7.80. The van der Waals surface area contributed by atoms with Crippen molar-refractivity contribution in [2.45, 2.75) is 32.2 Å². The molecule has 2 fully saturated rings. The fraction of sp³-hybridized carbons (Fsp3) is 0.650. The minimum absolute atomic E-state index is 0.0535. The Morgan fingerprint density at radius 1 is 1.21 bits per heavy atom. The van der Waals surface area contributed by atoms with Gasteiger partial charge in [0.1, 0.15) is 0 Å². The third-order valence-corrected chi connectivity index (χ3v) is 6.13. The van der Waals surface area contributed by atoms with Crippen molar-refractivity contribution in [3.05, 3.63) is 22.6 Å². The molecule has 3 heterocycles. The molecule has 4 rings (SSSR count). The van der Waals surface area contributed by atoms with Crippen LogP contribution in [-0.2, 0) is 23.1 Å². The minimum Gasteiger partial charge on any atom is -0.481 e. The van der Waals surface area contributed by atoms with E-state index in [1.807, 2.05) is 11.0 Å². The van der Waals surface area contributed by atoms with Crippen molar-refractivity contribution in [2.24, 2.45) is 18.9 Å². The van der Waals surface area contributed by atoms with E-state index in [1.165, 1.54) is 0 Å². The van der Waals surface area contributed by atoms with Gasteiger partial charge < -0.3 is 14.4 Å². The standard InChI is InChI=1S/C20H28N4O4/c1-22-16-7-8-17(27-2)21-18(16)24(20(22)26)13-14-3-5-15(6-4-14)19(25)23-9-11-28-12-10-23/h7-8,14-15H,3-6,9-13H2,1-2H3/t14-,15-. The smallest absolute Gasteiger partial charge is 0.330 e. The lowest BCUT2D eigenvalue weighted by molar-refractivity contribution is -0.141. The Morgan fingerprint density at radius 2 is 1.93 bits per heavy atom. The van der Waals surface area contributed by atoms with E-state index in [2.05, 4.69) is 4.98 Å². The van der Waals surface area contributed by atoms with Gasteiger partial charge in [-0.1, -0.05) is 0 Å². The van der Waals surface area contributed by atoms with Crippen molar-refractivity contribution in [3.63, 3.8) is 0 Å². The van der Waals surface area contributed by atoms with Gasteiger partial charge in [0.15, 0.2) is 5.65 Å². The van der Waals surface area contributed by atoms with Crippen LogP contribution in [-0.4, -0.2) is 58.3 Å². The maximum Gasteiger partial charge on any atom is 0.330 e. The number of methoxy groups -OCH3 is 1. The molecule has 2 aromatic heterocycles. The summed E-state index contributed by atoms with van der Waals surface area (Å²) in [6.07, 6.45) is 3.68. The summed E-state index contributed by atoms with van der Waals surface area (Å²) in [6.45, 7) is 3.33. The van der Waals surface area contributed by atoms with Crippen LogP contribution in [0, 0.1) is 11.8 Å². The Labute approximate surface area is 164 Å². The Balaban J connectivity index is 1.44. The summed E-state index contributed by atoms with van der Waals surface area (Å²) in [5, 5.41) is 0. The quantitative estimate of drug-likeness (QED) is 0.791. The number of aryl methyl sites for hydroxylation is 1. The monoisotopic (exact) mass is 388 g/mol. The fourth-order valence-electron chi connectivity index (χ4n) is 4.43.